The molecular weight excluding hydrogens is 154 g/mol. The van der Waals surface area contributed by atoms with Crippen LogP contribution < -0.4 is 5.73 Å². The van der Waals surface area contributed by atoms with Crippen molar-refractivity contribution in [2.75, 3.05) is 0 Å². The molecular formula is C9H9NO2. The zero-order valence-corrected chi connectivity index (χ0v) is 6.49. The Morgan fingerprint density at radius 2 is 2.42 bits per heavy atom. The fourth-order valence-corrected chi connectivity index (χ4v) is 1.40. The zero-order chi connectivity index (χ0) is 8.55. The van der Waals surface area contributed by atoms with E-state index in [0.717, 1.165) is 6.42 Å². The van der Waals surface area contributed by atoms with Crippen LogP contribution >= 0.6 is 0 Å². The van der Waals surface area contributed by atoms with E-state index in [1.165, 1.54) is 6.08 Å². The molecule has 1 aliphatic carbocycles. The molecule has 0 saturated carbocycles. The van der Waals surface area contributed by atoms with Crippen LogP contribution in [-0.4, -0.2) is 5.97 Å². The summed E-state index contributed by atoms with van der Waals surface area (Å²) in [5, 5.41) is 0. The minimum Gasteiger partial charge on any atom is -0.427 e. The van der Waals surface area contributed by atoms with Crippen LogP contribution in [0.1, 0.15) is 6.42 Å². The van der Waals surface area contributed by atoms with Crippen LogP contribution in [0.3, 0.4) is 0 Å². The molecule has 62 valence electrons. The third kappa shape index (κ3) is 1.03. The average Bonchev–Trinajstić information content (AvgIpc) is 2.04. The summed E-state index contributed by atoms with van der Waals surface area (Å²) in [6, 6.07) is 0. The Hall–Kier alpha value is -1.51. The molecule has 3 heteroatoms. The van der Waals surface area contributed by atoms with Gasteiger partial charge in [-0.3, -0.25) is 0 Å². The van der Waals surface area contributed by atoms with Crippen molar-refractivity contribution in [1.29, 1.82) is 0 Å². The van der Waals surface area contributed by atoms with E-state index in [9.17, 15) is 4.79 Å². The Kier molecular flexibility index (Phi) is 1.50. The van der Waals surface area contributed by atoms with E-state index in [0.29, 0.717) is 11.5 Å². The first-order chi connectivity index (χ1) is 5.77. The van der Waals surface area contributed by atoms with Gasteiger partial charge in [-0.1, -0.05) is 12.2 Å². The maximum atomic E-state index is 10.9. The van der Waals surface area contributed by atoms with Gasteiger partial charge >= 0.3 is 5.97 Å². The first-order valence-electron chi connectivity index (χ1n) is 3.83. The zero-order valence-electron chi connectivity index (χ0n) is 6.49. The first-order valence-corrected chi connectivity index (χ1v) is 3.83. The lowest BCUT2D eigenvalue weighted by atomic mass is 9.93. The number of fused-ring (bicyclic) bond motifs is 1. The molecule has 1 heterocycles. The summed E-state index contributed by atoms with van der Waals surface area (Å²) in [5.74, 6) is 0.375. The number of rotatable bonds is 0. The van der Waals surface area contributed by atoms with Gasteiger partial charge < -0.3 is 10.5 Å². The predicted octanol–water partition coefficient (Wildman–Crippen LogP) is 0.846. The van der Waals surface area contributed by atoms with Gasteiger partial charge in [0.25, 0.3) is 0 Å². The van der Waals surface area contributed by atoms with E-state index in [1.807, 2.05) is 12.2 Å². The summed E-state index contributed by atoms with van der Waals surface area (Å²) in [4.78, 5) is 10.9. The van der Waals surface area contributed by atoms with E-state index in [4.69, 9.17) is 10.5 Å². The second-order valence-corrected chi connectivity index (χ2v) is 2.85. The van der Waals surface area contributed by atoms with Crippen molar-refractivity contribution in [3.8, 4) is 0 Å². The molecule has 0 saturated heterocycles. The summed E-state index contributed by atoms with van der Waals surface area (Å²) >= 11 is 0. The molecule has 0 radical (unpaired) electrons. The Labute approximate surface area is 70.2 Å². The van der Waals surface area contributed by atoms with Crippen molar-refractivity contribution in [3.63, 3.8) is 0 Å². The normalized spacial score (nSPS) is 27.0. The quantitative estimate of drug-likeness (QED) is 0.538. The Bertz CT molecular complexity index is 312. The van der Waals surface area contributed by atoms with Gasteiger partial charge in [0.05, 0.1) is 5.92 Å². The van der Waals surface area contributed by atoms with Crippen molar-refractivity contribution < 1.29 is 9.53 Å². The molecule has 0 aromatic carbocycles. The third-order valence-corrected chi connectivity index (χ3v) is 2.02. The van der Waals surface area contributed by atoms with Crippen LogP contribution in [0.15, 0.2) is 35.8 Å². The Balaban J connectivity index is 2.37. The summed E-state index contributed by atoms with van der Waals surface area (Å²) in [6.45, 7) is 0. The lowest BCUT2D eigenvalue weighted by Gasteiger charge is -2.24. The maximum absolute atomic E-state index is 10.9. The molecule has 0 aromatic heterocycles. The summed E-state index contributed by atoms with van der Waals surface area (Å²) in [5.41, 5.74) is 6.26. The van der Waals surface area contributed by atoms with Crippen LogP contribution in [0.5, 0.6) is 0 Å². The van der Waals surface area contributed by atoms with E-state index >= 15 is 0 Å². The van der Waals surface area contributed by atoms with Gasteiger partial charge in [-0.25, -0.2) is 4.79 Å². The van der Waals surface area contributed by atoms with Gasteiger partial charge in [0.1, 0.15) is 5.76 Å². The molecule has 0 fully saturated rings. The monoisotopic (exact) mass is 163 g/mol. The molecule has 2 rings (SSSR count). The highest BCUT2D eigenvalue weighted by Crippen LogP contribution is 2.29. The van der Waals surface area contributed by atoms with Crippen LogP contribution in [0.4, 0.5) is 0 Å². The summed E-state index contributed by atoms with van der Waals surface area (Å²) in [7, 11) is 0. The minimum absolute atomic E-state index is 0.0766. The van der Waals surface area contributed by atoms with E-state index in [1.54, 1.807) is 6.08 Å². The standard InChI is InChI=1S/C9H9NO2/c10-7-5-9(11)12-8-4-2-1-3-6(7)8/h1-2,4-6H,3,10H2. The van der Waals surface area contributed by atoms with Gasteiger partial charge in [-0.15, -0.1) is 0 Å². The molecule has 2 N–H and O–H groups in total. The fourth-order valence-electron chi connectivity index (χ4n) is 1.40. The molecule has 0 amide bonds. The van der Waals surface area contributed by atoms with Crippen molar-refractivity contribution in [2.45, 2.75) is 6.42 Å². The molecule has 12 heavy (non-hydrogen) atoms. The number of ether oxygens (including phenoxy) is 1. The summed E-state index contributed by atoms with van der Waals surface area (Å²) in [6.07, 6.45) is 7.83. The Morgan fingerprint density at radius 1 is 1.58 bits per heavy atom. The van der Waals surface area contributed by atoms with Gasteiger partial charge in [-0.05, 0) is 12.5 Å². The molecule has 1 aliphatic heterocycles. The van der Waals surface area contributed by atoms with Gasteiger partial charge in [0, 0.05) is 11.8 Å². The maximum Gasteiger partial charge on any atom is 0.337 e. The van der Waals surface area contributed by atoms with Crippen molar-refractivity contribution in [1.82, 2.24) is 0 Å². The summed E-state index contributed by atoms with van der Waals surface area (Å²) < 4.78 is 4.98. The Morgan fingerprint density at radius 3 is 3.25 bits per heavy atom. The number of esters is 1. The number of nitrogens with two attached hydrogens (primary N) is 1. The van der Waals surface area contributed by atoms with Gasteiger partial charge in [-0.2, -0.15) is 0 Å². The van der Waals surface area contributed by atoms with E-state index < -0.39 is 0 Å². The smallest absolute Gasteiger partial charge is 0.337 e. The van der Waals surface area contributed by atoms with Crippen molar-refractivity contribution in [3.05, 3.63) is 35.8 Å². The van der Waals surface area contributed by atoms with Crippen molar-refractivity contribution >= 4 is 5.97 Å². The van der Waals surface area contributed by atoms with E-state index in [-0.39, 0.29) is 11.9 Å². The molecule has 3 nitrogen and oxygen atoms in total. The second-order valence-electron chi connectivity index (χ2n) is 2.85. The van der Waals surface area contributed by atoms with Gasteiger partial charge in [0.2, 0.25) is 0 Å². The predicted molar refractivity (Wildman–Crippen MR) is 43.7 cm³/mol. The fraction of sp³-hybridized carbons (Fsp3) is 0.222. The van der Waals surface area contributed by atoms with Crippen LogP contribution in [0, 0.1) is 5.92 Å². The highest BCUT2D eigenvalue weighted by atomic mass is 16.5. The van der Waals surface area contributed by atoms with Gasteiger partial charge in [0.15, 0.2) is 0 Å². The molecule has 0 aromatic rings. The van der Waals surface area contributed by atoms with Crippen LogP contribution in [0.2, 0.25) is 0 Å². The van der Waals surface area contributed by atoms with E-state index in [2.05, 4.69) is 0 Å². The molecule has 1 unspecified atom stereocenters. The topological polar surface area (TPSA) is 52.3 Å². The average molecular weight is 163 g/mol. The number of hydrogen-bond donors (Lipinski definition) is 1. The van der Waals surface area contributed by atoms with Crippen LogP contribution in [0.25, 0.3) is 0 Å². The van der Waals surface area contributed by atoms with Crippen LogP contribution in [-0.2, 0) is 9.53 Å². The largest absolute Gasteiger partial charge is 0.427 e. The number of carbonyl (C=O) groups is 1. The highest BCUT2D eigenvalue weighted by molar-refractivity contribution is 5.85. The molecule has 0 bridgehead atoms. The highest BCUT2D eigenvalue weighted by Gasteiger charge is 2.26. The minimum atomic E-state index is -0.370. The number of hydrogen-bond acceptors (Lipinski definition) is 3. The lowest BCUT2D eigenvalue weighted by molar-refractivity contribution is -0.135. The molecule has 1 atom stereocenters. The molecule has 0 spiro atoms. The lowest BCUT2D eigenvalue weighted by Crippen LogP contribution is -2.24. The number of carbonyl (C=O) groups excluding carboxylic acids is 1. The molecule has 2 aliphatic rings. The second kappa shape index (κ2) is 2.52. The van der Waals surface area contributed by atoms with Crippen molar-refractivity contribution in [2.24, 2.45) is 11.7 Å². The number of allylic oxidation sites excluding steroid dienone is 3. The third-order valence-electron chi connectivity index (χ3n) is 2.02. The first kappa shape index (κ1) is 7.16. The SMILES string of the molecule is NC1=CC(=O)OC2=CC=CCC12.